The largest absolute Gasteiger partial charge is 0.507 e. The van der Waals surface area contributed by atoms with Crippen molar-refractivity contribution < 1.29 is 32.8 Å². The smallest absolute Gasteiger partial charge is 0.327 e. The number of carboxylic acids is 1. The first kappa shape index (κ1) is 14.9. The Morgan fingerprint density at radius 3 is 2.32 bits per heavy atom. The Kier molecular flexibility index (Phi) is 4.46. The highest BCUT2D eigenvalue weighted by Crippen LogP contribution is 2.15. The highest BCUT2D eigenvalue weighted by Gasteiger charge is 2.26. The number of carbonyl (C=O) groups is 2. The van der Waals surface area contributed by atoms with Crippen molar-refractivity contribution in [3.05, 3.63) is 29.8 Å². The molecule has 19 heavy (non-hydrogen) atoms. The lowest BCUT2D eigenvalue weighted by Gasteiger charge is -2.13. The summed E-state index contributed by atoms with van der Waals surface area (Å²) in [5.74, 6) is -4.13. The van der Waals surface area contributed by atoms with Gasteiger partial charge in [0.25, 0.3) is 16.0 Å². The molecule has 0 aromatic heterocycles. The van der Waals surface area contributed by atoms with Gasteiger partial charge in [-0.05, 0) is 12.1 Å². The van der Waals surface area contributed by atoms with Crippen LogP contribution in [-0.4, -0.2) is 46.9 Å². The number of aromatic hydroxyl groups is 1. The first-order chi connectivity index (χ1) is 8.70. The summed E-state index contributed by atoms with van der Waals surface area (Å²) in [6, 6.07) is 3.53. The maximum absolute atomic E-state index is 11.7. The van der Waals surface area contributed by atoms with E-state index >= 15 is 0 Å². The van der Waals surface area contributed by atoms with Crippen molar-refractivity contribution in [2.45, 2.75) is 6.04 Å². The average Bonchev–Trinajstić information content (AvgIpc) is 2.26. The van der Waals surface area contributed by atoms with E-state index < -0.39 is 33.8 Å². The number of para-hydroxylation sites is 1. The zero-order valence-electron chi connectivity index (χ0n) is 9.48. The van der Waals surface area contributed by atoms with E-state index in [1.807, 2.05) is 5.32 Å². The maximum atomic E-state index is 11.7. The van der Waals surface area contributed by atoms with E-state index in [4.69, 9.17) is 9.66 Å². The number of nitrogens with one attached hydrogen (secondary N) is 1. The third-order valence-corrected chi connectivity index (χ3v) is 2.88. The van der Waals surface area contributed by atoms with E-state index in [-0.39, 0.29) is 11.3 Å². The van der Waals surface area contributed by atoms with Gasteiger partial charge in [0.15, 0.2) is 0 Å². The number of rotatable bonds is 5. The third kappa shape index (κ3) is 4.56. The molecule has 0 aliphatic rings. The molecule has 0 spiro atoms. The van der Waals surface area contributed by atoms with Gasteiger partial charge in [-0.3, -0.25) is 9.35 Å². The standard InChI is InChI=1S/C10H11NO7S/c12-8-4-2-1-3-6(8)9(13)11-7(10(14)15)5-19(16,17)18/h1-4,7,12H,5H2,(H,11,13)(H,14,15)(H,16,17,18). The van der Waals surface area contributed by atoms with Crippen molar-refractivity contribution in [3.8, 4) is 5.75 Å². The minimum absolute atomic E-state index is 0.205. The zero-order chi connectivity index (χ0) is 14.6. The Balaban J connectivity index is 2.89. The van der Waals surface area contributed by atoms with Gasteiger partial charge in [0.2, 0.25) is 0 Å². The van der Waals surface area contributed by atoms with E-state index in [0.29, 0.717) is 0 Å². The van der Waals surface area contributed by atoms with Crippen LogP contribution < -0.4 is 5.32 Å². The number of carbonyl (C=O) groups excluding carboxylic acids is 1. The Morgan fingerprint density at radius 2 is 1.84 bits per heavy atom. The maximum Gasteiger partial charge on any atom is 0.327 e. The highest BCUT2D eigenvalue weighted by atomic mass is 32.2. The predicted octanol–water partition coefficient (Wildman–Crippen LogP) is -0.537. The van der Waals surface area contributed by atoms with Crippen LogP contribution in [0, 0.1) is 0 Å². The van der Waals surface area contributed by atoms with Gasteiger partial charge in [-0.25, -0.2) is 4.79 Å². The number of hydrogen-bond donors (Lipinski definition) is 4. The molecular weight excluding hydrogens is 278 g/mol. The normalized spacial score (nSPS) is 12.7. The number of carboxylic acid groups (broad SMARTS) is 1. The quantitative estimate of drug-likeness (QED) is 0.533. The minimum Gasteiger partial charge on any atom is -0.507 e. The van der Waals surface area contributed by atoms with Crippen LogP contribution in [0.15, 0.2) is 24.3 Å². The van der Waals surface area contributed by atoms with Crippen LogP contribution in [-0.2, 0) is 14.9 Å². The topological polar surface area (TPSA) is 141 Å². The van der Waals surface area contributed by atoms with Gasteiger partial charge in [0.1, 0.15) is 17.5 Å². The highest BCUT2D eigenvalue weighted by molar-refractivity contribution is 7.85. The number of benzene rings is 1. The SMILES string of the molecule is O=C(NC(CS(=O)(=O)O)C(=O)O)c1ccccc1O. The van der Waals surface area contributed by atoms with E-state index in [2.05, 4.69) is 0 Å². The second kappa shape index (κ2) is 5.67. The lowest BCUT2D eigenvalue weighted by Crippen LogP contribution is -2.45. The molecule has 104 valence electrons. The number of amides is 1. The number of phenolic OH excluding ortho intramolecular Hbond substituents is 1. The zero-order valence-corrected chi connectivity index (χ0v) is 10.3. The van der Waals surface area contributed by atoms with E-state index in [1.165, 1.54) is 24.3 Å². The molecule has 0 aliphatic heterocycles. The van der Waals surface area contributed by atoms with Crippen LogP contribution in [0.1, 0.15) is 10.4 Å². The second-order valence-electron chi connectivity index (χ2n) is 3.63. The molecule has 1 amide bonds. The number of aliphatic carboxylic acids is 1. The van der Waals surface area contributed by atoms with Crippen molar-refractivity contribution in [1.82, 2.24) is 5.32 Å². The molecule has 0 fully saturated rings. The van der Waals surface area contributed by atoms with E-state index in [9.17, 15) is 23.1 Å². The Morgan fingerprint density at radius 1 is 1.26 bits per heavy atom. The molecule has 0 heterocycles. The molecule has 4 N–H and O–H groups in total. The van der Waals surface area contributed by atoms with E-state index in [1.54, 1.807) is 0 Å². The van der Waals surface area contributed by atoms with Crippen LogP contribution in [0.5, 0.6) is 5.75 Å². The summed E-state index contributed by atoms with van der Waals surface area (Å²) in [7, 11) is -4.56. The summed E-state index contributed by atoms with van der Waals surface area (Å²) in [6.07, 6.45) is 0. The molecule has 0 saturated heterocycles. The van der Waals surface area contributed by atoms with Gasteiger partial charge in [-0.2, -0.15) is 8.42 Å². The molecular formula is C10H11NO7S. The second-order valence-corrected chi connectivity index (χ2v) is 5.13. The Hall–Kier alpha value is -2.13. The van der Waals surface area contributed by atoms with E-state index in [0.717, 1.165) is 0 Å². The van der Waals surface area contributed by atoms with Gasteiger partial charge < -0.3 is 15.5 Å². The van der Waals surface area contributed by atoms with Gasteiger partial charge in [-0.1, -0.05) is 12.1 Å². The molecule has 1 aromatic rings. The van der Waals surface area contributed by atoms with Crippen molar-refractivity contribution in [1.29, 1.82) is 0 Å². The summed E-state index contributed by atoms with van der Waals surface area (Å²) in [5.41, 5.74) is -0.205. The summed E-state index contributed by atoms with van der Waals surface area (Å²) < 4.78 is 29.8. The van der Waals surface area contributed by atoms with Crippen molar-refractivity contribution in [2.75, 3.05) is 5.75 Å². The lowest BCUT2D eigenvalue weighted by molar-refractivity contribution is -0.138. The van der Waals surface area contributed by atoms with Gasteiger partial charge in [0, 0.05) is 0 Å². The van der Waals surface area contributed by atoms with Crippen molar-refractivity contribution >= 4 is 22.0 Å². The van der Waals surface area contributed by atoms with Crippen LogP contribution in [0.2, 0.25) is 0 Å². The van der Waals surface area contributed by atoms with Crippen molar-refractivity contribution in [2.24, 2.45) is 0 Å². The van der Waals surface area contributed by atoms with Crippen LogP contribution in [0.3, 0.4) is 0 Å². The fourth-order valence-electron chi connectivity index (χ4n) is 1.29. The lowest BCUT2D eigenvalue weighted by atomic mass is 10.2. The molecule has 8 nitrogen and oxygen atoms in total. The summed E-state index contributed by atoms with van der Waals surface area (Å²) in [4.78, 5) is 22.4. The monoisotopic (exact) mass is 289 g/mol. The number of hydrogen-bond acceptors (Lipinski definition) is 5. The molecule has 1 rings (SSSR count). The first-order valence-electron chi connectivity index (χ1n) is 4.97. The van der Waals surface area contributed by atoms with Gasteiger partial charge in [0.05, 0.1) is 5.56 Å². The molecule has 0 aliphatic carbocycles. The van der Waals surface area contributed by atoms with Gasteiger partial charge >= 0.3 is 5.97 Å². The summed E-state index contributed by atoms with van der Waals surface area (Å²) in [5, 5.41) is 20.0. The molecule has 9 heteroatoms. The minimum atomic E-state index is -4.56. The number of phenols is 1. The predicted molar refractivity (Wildman–Crippen MR) is 63.4 cm³/mol. The Labute approximate surface area is 108 Å². The van der Waals surface area contributed by atoms with Crippen LogP contribution in [0.25, 0.3) is 0 Å². The summed E-state index contributed by atoms with van der Waals surface area (Å²) >= 11 is 0. The Bertz CT molecular complexity index is 596. The molecule has 1 unspecified atom stereocenters. The van der Waals surface area contributed by atoms with Gasteiger partial charge in [-0.15, -0.1) is 0 Å². The molecule has 0 saturated carbocycles. The van der Waals surface area contributed by atoms with Crippen LogP contribution >= 0.6 is 0 Å². The fourth-order valence-corrected chi connectivity index (χ4v) is 1.93. The average molecular weight is 289 g/mol. The molecule has 0 bridgehead atoms. The van der Waals surface area contributed by atoms with Crippen molar-refractivity contribution in [3.63, 3.8) is 0 Å². The molecule has 1 aromatic carbocycles. The third-order valence-electron chi connectivity index (χ3n) is 2.13. The fraction of sp³-hybridized carbons (Fsp3) is 0.200. The molecule has 1 atom stereocenters. The van der Waals surface area contributed by atoms with Crippen LogP contribution in [0.4, 0.5) is 0 Å². The summed E-state index contributed by atoms with van der Waals surface area (Å²) in [6.45, 7) is 0. The first-order valence-corrected chi connectivity index (χ1v) is 6.58. The molecule has 0 radical (unpaired) electrons.